The van der Waals surface area contributed by atoms with E-state index in [1.165, 1.54) is 6.92 Å². The molecule has 0 saturated carbocycles. The molecule has 3 aromatic rings. The van der Waals surface area contributed by atoms with E-state index in [0.717, 1.165) is 4.47 Å². The van der Waals surface area contributed by atoms with Gasteiger partial charge in [0.05, 0.1) is 18.8 Å². The maximum absolute atomic E-state index is 13.0. The van der Waals surface area contributed by atoms with Crippen LogP contribution < -0.4 is 18.9 Å². The third kappa shape index (κ3) is 5.97. The molecule has 0 amide bonds. The van der Waals surface area contributed by atoms with Gasteiger partial charge in [-0.25, -0.2) is 4.79 Å². The second-order valence-corrected chi connectivity index (χ2v) is 8.55. The Morgan fingerprint density at radius 3 is 2.06 bits per heavy atom. The Balaban J connectivity index is 2.28. The Bertz CT molecular complexity index is 1180. The highest BCUT2D eigenvalue weighted by Gasteiger charge is 2.28. The maximum atomic E-state index is 13.0. The van der Waals surface area contributed by atoms with Gasteiger partial charge in [0.1, 0.15) is 0 Å². The van der Waals surface area contributed by atoms with Crippen molar-refractivity contribution in [2.24, 2.45) is 0 Å². The minimum atomic E-state index is -0.574. The molecule has 0 unspecified atom stereocenters. The molecule has 0 bridgehead atoms. The van der Waals surface area contributed by atoms with Crippen LogP contribution >= 0.6 is 27.5 Å². The molecule has 33 heavy (non-hydrogen) atoms. The summed E-state index contributed by atoms with van der Waals surface area (Å²) in [5.74, 6) is -0.385. The minimum absolute atomic E-state index is 0.168. The molecule has 0 N–H and O–H groups in total. The molecule has 0 atom stereocenters. The molecule has 0 spiro atoms. The number of fused-ring (bicyclic) bond motifs is 1. The van der Waals surface area contributed by atoms with Crippen molar-refractivity contribution in [3.05, 3.63) is 57.5 Å². The van der Waals surface area contributed by atoms with Crippen molar-refractivity contribution in [2.45, 2.75) is 33.6 Å². The lowest BCUT2D eigenvalue weighted by molar-refractivity contribution is -0.131. The molecule has 0 aliphatic carbocycles. The quantitative estimate of drug-likeness (QED) is 0.217. The average molecular weight is 536 g/mol. The highest BCUT2D eigenvalue weighted by molar-refractivity contribution is 9.10. The summed E-state index contributed by atoms with van der Waals surface area (Å²) < 4.78 is 24.1. The first-order chi connectivity index (χ1) is 15.8. The molecule has 8 heteroatoms. The van der Waals surface area contributed by atoms with Gasteiger partial charge in [-0.05, 0) is 49.2 Å². The third-order valence-electron chi connectivity index (χ3n) is 4.49. The smallest absolute Gasteiger partial charge is 0.343 e. The molecule has 6 nitrogen and oxygen atoms in total. The predicted molar refractivity (Wildman–Crippen MR) is 131 cm³/mol. The van der Waals surface area contributed by atoms with Gasteiger partial charge in [-0.15, -0.1) is 0 Å². The van der Waals surface area contributed by atoms with Gasteiger partial charge in [0.25, 0.3) is 0 Å². The fourth-order valence-corrected chi connectivity index (χ4v) is 3.71. The van der Waals surface area contributed by atoms with E-state index in [4.69, 9.17) is 30.5 Å². The van der Waals surface area contributed by atoms with Gasteiger partial charge >= 0.3 is 11.9 Å². The van der Waals surface area contributed by atoms with Crippen LogP contribution in [-0.2, 0) is 4.79 Å². The Morgan fingerprint density at radius 1 is 0.848 bits per heavy atom. The van der Waals surface area contributed by atoms with Crippen molar-refractivity contribution in [1.82, 2.24) is 0 Å². The van der Waals surface area contributed by atoms with Crippen molar-refractivity contribution in [1.29, 1.82) is 0 Å². The highest BCUT2D eigenvalue weighted by Crippen LogP contribution is 2.52. The predicted octanol–water partition coefficient (Wildman–Crippen LogP) is 6.98. The number of benzene rings is 3. The third-order valence-corrected chi connectivity index (χ3v) is 5.22. The lowest BCUT2D eigenvalue weighted by Crippen LogP contribution is -2.13. The first-order valence-electron chi connectivity index (χ1n) is 10.6. The standard InChI is InChI=1S/C25H24BrClO6/c1-4-11-30-23-21(33-25(29)16-7-6-8-17(26)13-16)19-10-9-18(27)14-20(19)22(32-15(3)28)24(23)31-12-5-2/h6-10,13-14H,4-5,11-12H2,1-3H3. The van der Waals surface area contributed by atoms with Crippen LogP contribution in [0.5, 0.6) is 23.0 Å². The van der Waals surface area contributed by atoms with Crippen LogP contribution in [0, 0.1) is 0 Å². The summed E-state index contributed by atoms with van der Waals surface area (Å²) in [7, 11) is 0. The van der Waals surface area contributed by atoms with Crippen LogP contribution in [0.3, 0.4) is 0 Å². The zero-order valence-corrected chi connectivity index (χ0v) is 20.9. The summed E-state index contributed by atoms with van der Waals surface area (Å²) >= 11 is 9.62. The maximum Gasteiger partial charge on any atom is 0.343 e. The van der Waals surface area contributed by atoms with E-state index in [9.17, 15) is 9.59 Å². The molecule has 0 aliphatic heterocycles. The SMILES string of the molecule is CCCOc1c(OCCC)c(OC(=O)c2cccc(Br)c2)c2ccc(Cl)cc2c1OC(C)=O. The van der Waals surface area contributed by atoms with E-state index in [1.54, 1.807) is 36.4 Å². The molecule has 3 aromatic carbocycles. The van der Waals surface area contributed by atoms with Gasteiger partial charge in [-0.1, -0.05) is 47.4 Å². The first kappa shape index (κ1) is 24.9. The fourth-order valence-electron chi connectivity index (χ4n) is 3.14. The van der Waals surface area contributed by atoms with Crippen molar-refractivity contribution < 1.29 is 28.5 Å². The van der Waals surface area contributed by atoms with E-state index < -0.39 is 11.9 Å². The van der Waals surface area contributed by atoms with Gasteiger partial charge in [-0.2, -0.15) is 0 Å². The number of halogens is 2. The summed E-state index contributed by atoms with van der Waals surface area (Å²) in [6, 6.07) is 11.9. The zero-order chi connectivity index (χ0) is 24.0. The Hall–Kier alpha value is -2.77. The van der Waals surface area contributed by atoms with Gasteiger partial charge in [0.2, 0.25) is 11.5 Å². The normalized spacial score (nSPS) is 10.7. The Morgan fingerprint density at radius 2 is 1.48 bits per heavy atom. The number of rotatable bonds is 9. The van der Waals surface area contributed by atoms with Crippen LogP contribution in [0.2, 0.25) is 5.02 Å². The van der Waals surface area contributed by atoms with Crippen molar-refractivity contribution in [2.75, 3.05) is 13.2 Å². The van der Waals surface area contributed by atoms with Gasteiger partial charge < -0.3 is 18.9 Å². The van der Waals surface area contributed by atoms with Crippen LogP contribution in [0.1, 0.15) is 44.0 Å². The van der Waals surface area contributed by atoms with Crippen LogP contribution in [0.4, 0.5) is 0 Å². The van der Waals surface area contributed by atoms with Crippen LogP contribution in [0.25, 0.3) is 10.8 Å². The van der Waals surface area contributed by atoms with E-state index in [0.29, 0.717) is 47.4 Å². The average Bonchev–Trinajstić information content (AvgIpc) is 2.78. The van der Waals surface area contributed by atoms with Crippen LogP contribution in [-0.4, -0.2) is 25.2 Å². The molecule has 3 rings (SSSR count). The molecule has 0 aliphatic rings. The number of carbonyl (C=O) groups is 2. The van der Waals surface area contributed by atoms with Crippen molar-refractivity contribution in [3.8, 4) is 23.0 Å². The molecular formula is C25H24BrClO6. The highest BCUT2D eigenvalue weighted by atomic mass is 79.9. The number of carbonyl (C=O) groups excluding carboxylic acids is 2. The van der Waals surface area contributed by atoms with E-state index in [1.807, 2.05) is 19.9 Å². The van der Waals surface area contributed by atoms with Gasteiger partial charge in [0.15, 0.2) is 11.5 Å². The molecule has 0 radical (unpaired) electrons. The molecule has 174 valence electrons. The van der Waals surface area contributed by atoms with Crippen LogP contribution in [0.15, 0.2) is 46.9 Å². The first-order valence-corrected chi connectivity index (χ1v) is 11.7. The molecule has 0 heterocycles. The van der Waals surface area contributed by atoms with E-state index in [2.05, 4.69) is 15.9 Å². The molecule has 0 fully saturated rings. The number of esters is 2. The summed E-state index contributed by atoms with van der Waals surface area (Å²) in [5.41, 5.74) is 0.355. The fraction of sp³-hybridized carbons (Fsp3) is 0.280. The van der Waals surface area contributed by atoms with E-state index >= 15 is 0 Å². The van der Waals surface area contributed by atoms with E-state index in [-0.39, 0.29) is 23.0 Å². The summed E-state index contributed by atoms with van der Waals surface area (Å²) in [6.07, 6.45) is 1.40. The number of hydrogen-bond donors (Lipinski definition) is 0. The summed E-state index contributed by atoms with van der Waals surface area (Å²) in [5, 5.41) is 1.38. The number of ether oxygens (including phenoxy) is 4. The summed E-state index contributed by atoms with van der Waals surface area (Å²) in [4.78, 5) is 25.0. The zero-order valence-electron chi connectivity index (χ0n) is 18.6. The van der Waals surface area contributed by atoms with Crippen molar-refractivity contribution in [3.63, 3.8) is 0 Å². The lowest BCUT2D eigenvalue weighted by atomic mass is 10.1. The van der Waals surface area contributed by atoms with Gasteiger partial charge in [0, 0.05) is 27.2 Å². The minimum Gasteiger partial charge on any atom is -0.486 e. The largest absolute Gasteiger partial charge is 0.486 e. The monoisotopic (exact) mass is 534 g/mol. The topological polar surface area (TPSA) is 71.1 Å². The second kappa shape index (κ2) is 11.4. The van der Waals surface area contributed by atoms with Crippen molar-refractivity contribution >= 4 is 50.2 Å². The van der Waals surface area contributed by atoms with Gasteiger partial charge in [-0.3, -0.25) is 4.79 Å². The summed E-state index contributed by atoms with van der Waals surface area (Å²) in [6.45, 7) is 5.87. The molecule has 0 saturated heterocycles. The number of hydrogen-bond acceptors (Lipinski definition) is 6. The lowest BCUT2D eigenvalue weighted by Gasteiger charge is -2.21. The molecular weight excluding hydrogens is 512 g/mol. The molecule has 0 aromatic heterocycles. The Labute approximate surface area is 205 Å². The Kier molecular flexibility index (Phi) is 8.58. The second-order valence-electron chi connectivity index (χ2n) is 7.20.